The minimum Gasteiger partial charge on any atom is -0.478 e. The van der Waals surface area contributed by atoms with Crippen molar-refractivity contribution in [2.75, 3.05) is 19.3 Å². The van der Waals surface area contributed by atoms with Crippen LogP contribution in [0.5, 0.6) is 0 Å². The van der Waals surface area contributed by atoms with E-state index in [1.54, 1.807) is 36.1 Å². The van der Waals surface area contributed by atoms with E-state index < -0.39 is 16.0 Å². The van der Waals surface area contributed by atoms with Gasteiger partial charge in [0.2, 0.25) is 10.0 Å². The van der Waals surface area contributed by atoms with E-state index in [4.69, 9.17) is 5.11 Å². The van der Waals surface area contributed by atoms with Crippen molar-refractivity contribution < 1.29 is 23.1 Å². The van der Waals surface area contributed by atoms with Gasteiger partial charge in [0.05, 0.1) is 23.8 Å². The number of carboxylic acid groups (broad SMARTS) is 1. The van der Waals surface area contributed by atoms with Gasteiger partial charge in [-0.15, -0.1) is 0 Å². The number of carboxylic acids is 1. The van der Waals surface area contributed by atoms with Crippen molar-refractivity contribution in [2.24, 2.45) is 0 Å². The Morgan fingerprint density at radius 2 is 1.93 bits per heavy atom. The molecule has 0 saturated carbocycles. The molecule has 1 aromatic carbocycles. The minimum absolute atomic E-state index is 0.122. The van der Waals surface area contributed by atoms with Crippen molar-refractivity contribution in [3.63, 3.8) is 0 Å². The van der Waals surface area contributed by atoms with Crippen LogP contribution in [0.1, 0.15) is 32.8 Å². The second-order valence-corrected chi connectivity index (χ2v) is 8.31. The van der Waals surface area contributed by atoms with Gasteiger partial charge in [-0.1, -0.05) is 0 Å². The Kier molecular flexibility index (Phi) is 5.03. The highest BCUT2D eigenvalue weighted by molar-refractivity contribution is 7.88. The third-order valence-corrected chi connectivity index (χ3v) is 5.22. The molecule has 10 heteroatoms. The molecule has 1 aromatic heterocycles. The molecule has 0 radical (unpaired) electrons. The Morgan fingerprint density at radius 1 is 1.26 bits per heavy atom. The van der Waals surface area contributed by atoms with Crippen molar-refractivity contribution >= 4 is 21.9 Å². The number of rotatable bonds is 5. The van der Waals surface area contributed by atoms with Crippen LogP contribution < -0.4 is 4.72 Å². The number of carbonyl (C=O) groups excluding carboxylic acids is 1. The van der Waals surface area contributed by atoms with Gasteiger partial charge in [-0.3, -0.25) is 4.79 Å². The van der Waals surface area contributed by atoms with Crippen molar-refractivity contribution in [3.8, 4) is 5.69 Å². The van der Waals surface area contributed by atoms with Crippen molar-refractivity contribution in [3.05, 3.63) is 47.3 Å². The number of sulfonamides is 1. The van der Waals surface area contributed by atoms with Crippen LogP contribution in [0.2, 0.25) is 0 Å². The number of aromatic nitrogens is 2. The molecule has 144 valence electrons. The number of amides is 1. The van der Waals surface area contributed by atoms with Crippen molar-refractivity contribution in [1.29, 1.82) is 0 Å². The normalized spacial score (nSPS) is 17.3. The summed E-state index contributed by atoms with van der Waals surface area (Å²) in [4.78, 5) is 25.3. The molecule has 1 unspecified atom stereocenters. The number of benzene rings is 1. The average molecular weight is 392 g/mol. The Balaban J connectivity index is 1.72. The van der Waals surface area contributed by atoms with Crippen LogP contribution in [0.3, 0.4) is 0 Å². The van der Waals surface area contributed by atoms with Gasteiger partial charge in [0.15, 0.2) is 0 Å². The Bertz CT molecular complexity index is 981. The molecule has 0 spiro atoms. The lowest BCUT2D eigenvalue weighted by Crippen LogP contribution is -2.37. The number of likely N-dealkylation sites (tertiary alicyclic amines) is 1. The summed E-state index contributed by atoms with van der Waals surface area (Å²) in [7, 11) is -3.31. The number of aromatic carboxylic acids is 1. The van der Waals surface area contributed by atoms with Gasteiger partial charge in [-0.05, 0) is 37.6 Å². The molecule has 2 heterocycles. The molecule has 1 amide bonds. The molecule has 2 aromatic rings. The monoisotopic (exact) mass is 392 g/mol. The maximum absolute atomic E-state index is 12.6. The summed E-state index contributed by atoms with van der Waals surface area (Å²) in [6.07, 6.45) is 2.96. The van der Waals surface area contributed by atoms with Crippen molar-refractivity contribution in [2.45, 2.75) is 19.4 Å². The molecule has 0 bridgehead atoms. The summed E-state index contributed by atoms with van der Waals surface area (Å²) < 4.78 is 26.7. The van der Waals surface area contributed by atoms with Crippen LogP contribution in [0.15, 0.2) is 30.5 Å². The highest BCUT2D eigenvalue weighted by atomic mass is 32.2. The molecule has 1 saturated heterocycles. The minimum atomic E-state index is -3.31. The first-order valence-corrected chi connectivity index (χ1v) is 10.2. The largest absolute Gasteiger partial charge is 0.478 e. The maximum Gasteiger partial charge on any atom is 0.339 e. The predicted octanol–water partition coefficient (Wildman–Crippen LogP) is 0.643. The number of carbonyl (C=O) groups is 2. The van der Waals surface area contributed by atoms with E-state index in [1.807, 2.05) is 0 Å². The van der Waals surface area contributed by atoms with Crippen molar-refractivity contribution in [1.82, 2.24) is 19.4 Å². The zero-order chi connectivity index (χ0) is 19.8. The molecular weight excluding hydrogens is 372 g/mol. The third kappa shape index (κ3) is 4.17. The van der Waals surface area contributed by atoms with Crippen LogP contribution >= 0.6 is 0 Å². The molecule has 0 aliphatic carbocycles. The van der Waals surface area contributed by atoms with Gasteiger partial charge in [-0.25, -0.2) is 22.6 Å². The average Bonchev–Trinajstić information content (AvgIpc) is 3.19. The van der Waals surface area contributed by atoms with Gasteiger partial charge in [-0.2, -0.15) is 5.10 Å². The van der Waals surface area contributed by atoms with Crippen LogP contribution in [-0.4, -0.2) is 65.5 Å². The van der Waals surface area contributed by atoms with E-state index >= 15 is 0 Å². The first-order chi connectivity index (χ1) is 12.7. The number of hydrogen-bond donors (Lipinski definition) is 2. The molecule has 1 atom stereocenters. The lowest BCUT2D eigenvalue weighted by atomic mass is 10.1. The quantitative estimate of drug-likeness (QED) is 0.770. The fraction of sp³-hybridized carbons (Fsp3) is 0.353. The van der Waals surface area contributed by atoms with Gasteiger partial charge in [0, 0.05) is 24.7 Å². The van der Waals surface area contributed by atoms with Gasteiger partial charge in [0.1, 0.15) is 5.56 Å². The smallest absolute Gasteiger partial charge is 0.339 e. The topological polar surface area (TPSA) is 122 Å². The van der Waals surface area contributed by atoms with Crippen LogP contribution in [0.25, 0.3) is 5.69 Å². The Morgan fingerprint density at radius 3 is 2.48 bits per heavy atom. The lowest BCUT2D eigenvalue weighted by molar-refractivity contribution is 0.0695. The molecular formula is C17H20N4O5S. The summed E-state index contributed by atoms with van der Waals surface area (Å²) >= 11 is 0. The van der Waals surface area contributed by atoms with E-state index in [2.05, 4.69) is 9.82 Å². The molecule has 1 fully saturated rings. The van der Waals surface area contributed by atoms with E-state index in [0.29, 0.717) is 36.5 Å². The van der Waals surface area contributed by atoms with Gasteiger partial charge in [0.25, 0.3) is 5.91 Å². The Hall–Kier alpha value is -2.72. The highest BCUT2D eigenvalue weighted by Crippen LogP contribution is 2.18. The van der Waals surface area contributed by atoms with Gasteiger partial charge >= 0.3 is 5.97 Å². The summed E-state index contributed by atoms with van der Waals surface area (Å²) in [6.45, 7) is 2.47. The zero-order valence-corrected chi connectivity index (χ0v) is 15.7. The third-order valence-electron chi connectivity index (χ3n) is 4.46. The van der Waals surface area contributed by atoms with Crippen LogP contribution in [0.4, 0.5) is 0 Å². The molecule has 1 aliphatic heterocycles. The summed E-state index contributed by atoms with van der Waals surface area (Å²) in [5.74, 6) is -1.22. The maximum atomic E-state index is 12.6. The summed E-state index contributed by atoms with van der Waals surface area (Å²) in [5.41, 5.74) is 1.74. The molecule has 9 nitrogen and oxygen atoms in total. The molecule has 27 heavy (non-hydrogen) atoms. The Labute approximate surface area is 156 Å². The fourth-order valence-electron chi connectivity index (χ4n) is 3.15. The second kappa shape index (κ2) is 7.12. The first-order valence-electron chi connectivity index (χ1n) is 8.30. The number of nitrogens with one attached hydrogen (secondary N) is 1. The second-order valence-electron chi connectivity index (χ2n) is 6.53. The highest BCUT2D eigenvalue weighted by Gasteiger charge is 2.28. The number of hydrogen-bond acceptors (Lipinski definition) is 5. The van der Waals surface area contributed by atoms with E-state index in [9.17, 15) is 18.0 Å². The van der Waals surface area contributed by atoms with Crippen LogP contribution in [-0.2, 0) is 10.0 Å². The van der Waals surface area contributed by atoms with E-state index in [0.717, 1.165) is 6.26 Å². The van der Waals surface area contributed by atoms with E-state index in [1.165, 1.54) is 10.9 Å². The lowest BCUT2D eigenvalue weighted by Gasteiger charge is -2.17. The molecule has 3 rings (SSSR count). The predicted molar refractivity (Wildman–Crippen MR) is 97.5 cm³/mol. The first kappa shape index (κ1) is 19.1. The summed E-state index contributed by atoms with van der Waals surface area (Å²) in [5, 5.41) is 13.2. The number of nitrogens with zero attached hydrogens (tertiary/aromatic N) is 3. The molecule has 1 aliphatic rings. The fourth-order valence-corrected chi connectivity index (χ4v) is 3.95. The summed E-state index contributed by atoms with van der Waals surface area (Å²) in [6, 6.07) is 6.42. The van der Waals surface area contributed by atoms with Crippen LogP contribution in [0, 0.1) is 6.92 Å². The standard InChI is InChI=1S/C17H20N4O5S/c1-11-15(17(23)24)9-18-21(11)14-5-3-12(4-6-14)16(22)20-8-7-13(10-20)19-27(2,25)26/h3-6,9,13,19H,7-8,10H2,1-2H3,(H,23,24). The SMILES string of the molecule is Cc1c(C(=O)O)cnn1-c1ccc(C(=O)N2CCC(NS(C)(=O)=O)C2)cc1. The van der Waals surface area contributed by atoms with E-state index in [-0.39, 0.29) is 17.5 Å². The zero-order valence-electron chi connectivity index (χ0n) is 14.9. The van der Waals surface area contributed by atoms with Gasteiger partial charge < -0.3 is 10.0 Å². The molecule has 2 N–H and O–H groups in total.